The Labute approximate surface area is 394 Å². The quantitative estimate of drug-likeness (QED) is 0.0427. The fourth-order valence-corrected chi connectivity index (χ4v) is 7.05. The summed E-state index contributed by atoms with van der Waals surface area (Å²) in [4.78, 5) is 11.9. The molecule has 0 N–H and O–H groups in total. The summed E-state index contributed by atoms with van der Waals surface area (Å²) in [6.45, 7) is 15.5. The van der Waals surface area contributed by atoms with Crippen molar-refractivity contribution in [2.45, 2.75) is 194 Å². The zero-order chi connectivity index (χ0) is 46.0. The smallest absolute Gasteiger partial charge is 0.305 e. The Hall–Kier alpha value is -0.930. The van der Waals surface area contributed by atoms with Crippen molar-refractivity contribution in [2.24, 2.45) is 0 Å². The van der Waals surface area contributed by atoms with E-state index in [1.54, 1.807) is 0 Å². The predicted octanol–water partition coefficient (Wildman–Crippen LogP) is 11.7. The first-order valence-electron chi connectivity index (χ1n) is 26.7. The summed E-state index contributed by atoms with van der Waals surface area (Å²) in [6, 6.07) is 0. The number of hydrogen-bond acceptors (Lipinski definition) is 12. The molecule has 0 aromatic carbocycles. The van der Waals surface area contributed by atoms with Gasteiger partial charge < -0.3 is 52.1 Å². The summed E-state index contributed by atoms with van der Waals surface area (Å²) in [6.07, 6.45) is 36.6. The minimum Gasteiger partial charge on any atom is -0.463 e. The Balaban J connectivity index is 3.11. The van der Waals surface area contributed by atoms with E-state index in [1.165, 1.54) is 154 Å². The van der Waals surface area contributed by atoms with Gasteiger partial charge in [0.2, 0.25) is 0 Å². The second kappa shape index (κ2) is 60.1. The molecule has 0 unspecified atom stereocenters. The van der Waals surface area contributed by atoms with Gasteiger partial charge in [0.15, 0.2) is 0 Å². The highest BCUT2D eigenvalue weighted by molar-refractivity contribution is 5.69. The largest absolute Gasteiger partial charge is 0.463 e. The van der Waals surface area contributed by atoms with Crippen molar-refractivity contribution in [1.29, 1.82) is 0 Å². The van der Waals surface area contributed by atoms with Gasteiger partial charge in [0.1, 0.15) is 6.61 Å². The van der Waals surface area contributed by atoms with E-state index >= 15 is 0 Å². The van der Waals surface area contributed by atoms with Crippen molar-refractivity contribution < 1.29 is 56.9 Å². The number of rotatable bonds is 59. The zero-order valence-corrected chi connectivity index (χ0v) is 42.0. The highest BCUT2D eigenvalue weighted by Crippen LogP contribution is 2.14. The number of ether oxygens (including phenoxy) is 11. The van der Waals surface area contributed by atoms with Gasteiger partial charge in [-0.1, -0.05) is 174 Å². The highest BCUT2D eigenvalue weighted by atomic mass is 16.6. The molecule has 0 rings (SSSR count). The van der Waals surface area contributed by atoms with Gasteiger partial charge in [0.25, 0.3) is 0 Å². The van der Waals surface area contributed by atoms with E-state index in [0.717, 1.165) is 25.9 Å². The number of esters is 1. The molecule has 0 saturated carbocycles. The molecule has 0 aliphatic rings. The lowest BCUT2D eigenvalue weighted by Crippen LogP contribution is -2.15. The van der Waals surface area contributed by atoms with Gasteiger partial charge in [0.05, 0.1) is 126 Å². The van der Waals surface area contributed by atoms with Crippen molar-refractivity contribution in [3.63, 3.8) is 0 Å². The molecule has 0 heterocycles. The van der Waals surface area contributed by atoms with Crippen LogP contribution in [0.5, 0.6) is 0 Å². The Morgan fingerprint density at radius 2 is 0.406 bits per heavy atom. The van der Waals surface area contributed by atoms with Crippen LogP contribution in [0.15, 0.2) is 0 Å². The molecule has 0 aliphatic heterocycles. The van der Waals surface area contributed by atoms with Crippen LogP contribution in [-0.4, -0.2) is 145 Å². The summed E-state index contributed by atoms with van der Waals surface area (Å²) < 4.78 is 60.8. The van der Waals surface area contributed by atoms with Crippen molar-refractivity contribution in [2.75, 3.05) is 139 Å². The van der Waals surface area contributed by atoms with Gasteiger partial charge in [-0.05, 0) is 12.8 Å². The van der Waals surface area contributed by atoms with Crippen LogP contribution in [0.2, 0.25) is 0 Å². The molecule has 0 saturated heterocycles. The molecule has 0 fully saturated rings. The van der Waals surface area contributed by atoms with Crippen LogP contribution in [0.3, 0.4) is 0 Å². The first-order chi connectivity index (χ1) is 31.8. The van der Waals surface area contributed by atoms with Crippen LogP contribution >= 0.6 is 0 Å². The summed E-state index contributed by atoms with van der Waals surface area (Å²) in [5.41, 5.74) is 0. The van der Waals surface area contributed by atoms with Gasteiger partial charge in [-0.15, -0.1) is 0 Å². The summed E-state index contributed by atoms with van der Waals surface area (Å²) in [5.74, 6) is -0.128. The fraction of sp³-hybridized carbons (Fsp3) is 0.981. The molecule has 0 spiro atoms. The standard InChI is InChI=1S/C52H104O12/c1-3-5-7-9-11-13-15-17-19-21-23-25-27-29-31-54-32-33-55-34-35-56-36-37-57-38-39-58-40-41-59-42-43-60-44-45-61-46-47-62-48-49-63-50-51-64-52(53)30-28-26-24-22-20-18-16-14-12-10-8-6-4-2/h3-51H2,1-2H3. The average Bonchev–Trinajstić information content (AvgIpc) is 3.30. The first kappa shape index (κ1) is 63.1. The summed E-state index contributed by atoms with van der Waals surface area (Å²) >= 11 is 0. The SMILES string of the molecule is CCCCCCCCCCCCCCCCOCCOCCOCCOCCOCCOCCOCCOCCOCCOCCOC(=O)CCCCCCCCCCCCCCC. The van der Waals surface area contributed by atoms with Gasteiger partial charge in [0, 0.05) is 13.0 Å². The maximum absolute atomic E-state index is 11.9. The molecule has 0 radical (unpaired) electrons. The Morgan fingerprint density at radius 3 is 0.656 bits per heavy atom. The van der Waals surface area contributed by atoms with Crippen LogP contribution in [0.4, 0.5) is 0 Å². The highest BCUT2D eigenvalue weighted by Gasteiger charge is 2.03. The van der Waals surface area contributed by atoms with E-state index in [9.17, 15) is 4.79 Å². The zero-order valence-electron chi connectivity index (χ0n) is 42.0. The predicted molar refractivity (Wildman–Crippen MR) is 260 cm³/mol. The third-order valence-corrected chi connectivity index (χ3v) is 11.0. The first-order valence-corrected chi connectivity index (χ1v) is 26.7. The maximum Gasteiger partial charge on any atom is 0.305 e. The van der Waals surface area contributed by atoms with Crippen molar-refractivity contribution in [3.05, 3.63) is 0 Å². The van der Waals surface area contributed by atoms with Crippen molar-refractivity contribution >= 4 is 5.97 Å². The van der Waals surface area contributed by atoms with Gasteiger partial charge in [-0.25, -0.2) is 0 Å². The van der Waals surface area contributed by atoms with E-state index in [2.05, 4.69) is 13.8 Å². The molecular formula is C52H104O12. The number of carbonyl (C=O) groups excluding carboxylic acids is 1. The minimum absolute atomic E-state index is 0.128. The van der Waals surface area contributed by atoms with Gasteiger partial charge >= 0.3 is 5.97 Å². The Morgan fingerprint density at radius 1 is 0.219 bits per heavy atom. The average molecular weight is 921 g/mol. The van der Waals surface area contributed by atoms with Crippen LogP contribution < -0.4 is 0 Å². The van der Waals surface area contributed by atoms with Crippen LogP contribution in [0, 0.1) is 0 Å². The normalized spacial score (nSPS) is 11.6. The molecular weight excluding hydrogens is 817 g/mol. The van der Waals surface area contributed by atoms with Gasteiger partial charge in [-0.2, -0.15) is 0 Å². The molecule has 0 amide bonds. The molecule has 12 nitrogen and oxygen atoms in total. The summed E-state index contributed by atoms with van der Waals surface area (Å²) in [5, 5.41) is 0. The fourth-order valence-electron chi connectivity index (χ4n) is 7.05. The molecule has 0 aliphatic carbocycles. The lowest BCUT2D eigenvalue weighted by molar-refractivity contribution is -0.145. The van der Waals surface area contributed by atoms with Gasteiger partial charge in [-0.3, -0.25) is 4.79 Å². The molecule has 0 aromatic rings. The number of unbranched alkanes of at least 4 members (excludes halogenated alkanes) is 25. The molecule has 64 heavy (non-hydrogen) atoms. The monoisotopic (exact) mass is 921 g/mol. The second-order valence-corrected chi connectivity index (χ2v) is 16.9. The molecule has 384 valence electrons. The van der Waals surface area contributed by atoms with E-state index in [0.29, 0.717) is 139 Å². The Kier molecular flexibility index (Phi) is 59.2. The van der Waals surface area contributed by atoms with Crippen molar-refractivity contribution in [3.8, 4) is 0 Å². The maximum atomic E-state index is 11.9. The topological polar surface area (TPSA) is 119 Å². The molecule has 0 aromatic heterocycles. The van der Waals surface area contributed by atoms with E-state index in [4.69, 9.17) is 52.1 Å². The molecule has 0 atom stereocenters. The van der Waals surface area contributed by atoms with E-state index < -0.39 is 0 Å². The number of carbonyl (C=O) groups is 1. The number of hydrogen-bond donors (Lipinski definition) is 0. The van der Waals surface area contributed by atoms with Crippen LogP contribution in [0.25, 0.3) is 0 Å². The lowest BCUT2D eigenvalue weighted by Gasteiger charge is -2.09. The molecule has 0 bridgehead atoms. The summed E-state index contributed by atoms with van der Waals surface area (Å²) in [7, 11) is 0. The molecule has 12 heteroatoms. The van der Waals surface area contributed by atoms with Crippen LogP contribution in [0.1, 0.15) is 194 Å². The second-order valence-electron chi connectivity index (χ2n) is 16.9. The third-order valence-electron chi connectivity index (χ3n) is 11.0. The van der Waals surface area contributed by atoms with E-state index in [1.807, 2.05) is 0 Å². The lowest BCUT2D eigenvalue weighted by atomic mass is 10.0. The van der Waals surface area contributed by atoms with Crippen LogP contribution in [-0.2, 0) is 56.9 Å². The van der Waals surface area contributed by atoms with E-state index in [-0.39, 0.29) is 5.97 Å². The minimum atomic E-state index is -0.128. The Bertz CT molecular complexity index is 838. The third kappa shape index (κ3) is 59.1. The van der Waals surface area contributed by atoms with Crippen molar-refractivity contribution in [1.82, 2.24) is 0 Å².